The molecule has 0 amide bonds. The topological polar surface area (TPSA) is 31.3 Å². The van der Waals surface area contributed by atoms with Gasteiger partial charge in [0.25, 0.3) is 5.56 Å². The van der Waals surface area contributed by atoms with Crippen molar-refractivity contribution in [2.45, 2.75) is 5.41 Å². The summed E-state index contributed by atoms with van der Waals surface area (Å²) in [5, 5.41) is 2.77. The minimum Gasteiger partial charge on any atom is -0.306 e. The Balaban J connectivity index is 1.24. The molecule has 0 saturated carbocycles. The normalized spacial score (nSPS) is 13.8. The summed E-state index contributed by atoms with van der Waals surface area (Å²) in [4.78, 5) is 14.6. The molecule has 54 heavy (non-hydrogen) atoms. The molecule has 2 aliphatic heterocycles. The smallest absolute Gasteiger partial charge is 0.263 e. The van der Waals surface area contributed by atoms with Crippen LogP contribution < -0.4 is 5.56 Å². The van der Waals surface area contributed by atoms with Gasteiger partial charge in [0.1, 0.15) is 0 Å². The Kier molecular flexibility index (Phi) is 5.17. The van der Waals surface area contributed by atoms with E-state index in [1.807, 2.05) is 22.6 Å². The maximum absolute atomic E-state index is 14.6. The SMILES string of the molecule is O=c1c2ccccc2c2cccc3c2n1c1cccc2c1-n3c1ccccc1n2-c1cccc2c1-c1ccccc1C21c2ccccc2-c2ccccc21. The predicted octanol–water partition coefficient (Wildman–Crippen LogP) is 11.3. The van der Waals surface area contributed by atoms with Crippen molar-refractivity contribution < 1.29 is 0 Å². The fourth-order valence-corrected chi connectivity index (χ4v) is 10.5. The second kappa shape index (κ2) is 9.82. The number of hydrogen-bond acceptors (Lipinski definition) is 1. The summed E-state index contributed by atoms with van der Waals surface area (Å²) in [7, 11) is 0. The molecule has 4 heteroatoms. The first kappa shape index (κ1) is 28.4. The standard InChI is InChI=1S/C50H29N3O/c54-49-34-17-2-1-14-30(34)33-19-11-27-43-47(33)53(49)45-29-13-28-44-48(45)52(43)41-25-10-9-24-40(41)51(44)42-26-12-23-39-46(42)35-18-5-8-22-38(35)50(39)36-20-6-3-15-31(36)32-16-4-7-21-37(32)50/h1-29H. The molecular formula is C50H29N3O. The molecule has 0 N–H and O–H groups in total. The Hall–Kier alpha value is -7.17. The van der Waals surface area contributed by atoms with Crippen molar-refractivity contribution in [3.05, 3.63) is 209 Å². The van der Waals surface area contributed by atoms with E-state index >= 15 is 0 Å². The zero-order valence-electron chi connectivity index (χ0n) is 29.0. The van der Waals surface area contributed by atoms with Gasteiger partial charge in [0.2, 0.25) is 0 Å². The molecule has 0 bridgehead atoms. The lowest BCUT2D eigenvalue weighted by Crippen LogP contribution is -2.25. The highest BCUT2D eigenvalue weighted by molar-refractivity contribution is 6.14. The number of rotatable bonds is 1. The van der Waals surface area contributed by atoms with Gasteiger partial charge >= 0.3 is 0 Å². The lowest BCUT2D eigenvalue weighted by molar-refractivity contribution is 0.793. The molecule has 1 aromatic heterocycles. The number of fused-ring (bicyclic) bond motifs is 16. The minimum atomic E-state index is -0.449. The maximum Gasteiger partial charge on any atom is 0.263 e. The zero-order chi connectivity index (χ0) is 35.3. The van der Waals surface area contributed by atoms with Crippen molar-refractivity contribution >= 4 is 49.3 Å². The molecule has 3 heterocycles. The second-order valence-corrected chi connectivity index (χ2v) is 14.8. The van der Waals surface area contributed by atoms with E-state index in [9.17, 15) is 4.79 Å². The molecule has 0 unspecified atom stereocenters. The number of aromatic nitrogens is 3. The van der Waals surface area contributed by atoms with Gasteiger partial charge in [-0.05, 0) is 86.8 Å². The monoisotopic (exact) mass is 687 g/mol. The van der Waals surface area contributed by atoms with Crippen molar-refractivity contribution in [2.24, 2.45) is 0 Å². The predicted molar refractivity (Wildman–Crippen MR) is 220 cm³/mol. The van der Waals surface area contributed by atoms with Crippen LogP contribution in [-0.2, 0) is 5.41 Å². The van der Waals surface area contributed by atoms with Crippen LogP contribution in [0.4, 0.5) is 0 Å². The molecule has 1 spiro atoms. The van der Waals surface area contributed by atoms with Crippen molar-refractivity contribution in [2.75, 3.05) is 0 Å². The van der Waals surface area contributed by atoms with E-state index in [1.54, 1.807) is 0 Å². The van der Waals surface area contributed by atoms with Crippen LogP contribution >= 0.6 is 0 Å². The van der Waals surface area contributed by atoms with Gasteiger partial charge in [-0.25, -0.2) is 0 Å². The van der Waals surface area contributed by atoms with Crippen LogP contribution in [-0.4, -0.2) is 13.5 Å². The van der Waals surface area contributed by atoms with Crippen molar-refractivity contribution in [1.82, 2.24) is 13.5 Å². The van der Waals surface area contributed by atoms with E-state index in [4.69, 9.17) is 0 Å². The van der Waals surface area contributed by atoms with Gasteiger partial charge in [-0.1, -0.05) is 133 Å². The van der Waals surface area contributed by atoms with E-state index in [-0.39, 0.29) is 5.56 Å². The quantitative estimate of drug-likeness (QED) is 0.125. The van der Waals surface area contributed by atoms with Crippen molar-refractivity contribution in [3.8, 4) is 33.6 Å². The Morgan fingerprint density at radius 3 is 1.63 bits per heavy atom. The molecule has 4 aliphatic rings. The summed E-state index contributed by atoms with van der Waals surface area (Å²) < 4.78 is 6.79. The molecule has 2 aliphatic carbocycles. The largest absolute Gasteiger partial charge is 0.306 e. The van der Waals surface area contributed by atoms with Gasteiger partial charge in [-0.15, -0.1) is 0 Å². The lowest BCUT2D eigenvalue weighted by Gasteiger charge is -2.31. The molecule has 0 fully saturated rings. The molecule has 4 nitrogen and oxygen atoms in total. The highest BCUT2D eigenvalue weighted by Gasteiger charge is 2.52. The molecule has 8 aromatic carbocycles. The van der Waals surface area contributed by atoms with Gasteiger partial charge in [-0.2, -0.15) is 0 Å². The number of pyridine rings is 1. The maximum atomic E-state index is 14.6. The van der Waals surface area contributed by atoms with E-state index in [0.29, 0.717) is 0 Å². The Morgan fingerprint density at radius 1 is 0.370 bits per heavy atom. The molecular weight excluding hydrogens is 659 g/mol. The average molecular weight is 688 g/mol. The first-order valence-electron chi connectivity index (χ1n) is 18.6. The molecule has 250 valence electrons. The number of hydrogen-bond donors (Lipinski definition) is 0. The molecule has 0 saturated heterocycles. The van der Waals surface area contributed by atoms with Gasteiger partial charge < -0.3 is 9.13 Å². The molecule has 0 radical (unpaired) electrons. The van der Waals surface area contributed by atoms with E-state index < -0.39 is 5.41 Å². The number of para-hydroxylation sites is 4. The fourth-order valence-electron chi connectivity index (χ4n) is 10.5. The third-order valence-corrected chi connectivity index (χ3v) is 12.4. The second-order valence-electron chi connectivity index (χ2n) is 14.8. The summed E-state index contributed by atoms with van der Waals surface area (Å²) in [6.07, 6.45) is 0. The number of benzene rings is 8. The summed E-state index contributed by atoms with van der Waals surface area (Å²) in [6, 6.07) is 63.4. The van der Waals surface area contributed by atoms with E-state index in [2.05, 4.69) is 167 Å². The van der Waals surface area contributed by atoms with Crippen LogP contribution in [0.1, 0.15) is 22.3 Å². The third-order valence-electron chi connectivity index (χ3n) is 12.4. The average Bonchev–Trinajstić information content (AvgIpc) is 3.71. The Bertz CT molecular complexity index is 3440. The molecule has 0 atom stereocenters. The lowest BCUT2D eigenvalue weighted by atomic mass is 9.70. The summed E-state index contributed by atoms with van der Waals surface area (Å²) in [5.41, 5.74) is 18.0. The van der Waals surface area contributed by atoms with Crippen LogP contribution in [0.25, 0.3) is 82.9 Å². The van der Waals surface area contributed by atoms with Gasteiger partial charge in [-0.3, -0.25) is 9.20 Å². The van der Waals surface area contributed by atoms with Crippen LogP contribution in [0.15, 0.2) is 181 Å². The summed E-state index contributed by atoms with van der Waals surface area (Å²) in [6.45, 7) is 0. The summed E-state index contributed by atoms with van der Waals surface area (Å²) >= 11 is 0. The third kappa shape index (κ3) is 3.13. The fraction of sp³-hybridized carbons (Fsp3) is 0.0200. The Labute approximate surface area is 309 Å². The van der Waals surface area contributed by atoms with Gasteiger partial charge in [0, 0.05) is 16.3 Å². The van der Waals surface area contributed by atoms with Crippen molar-refractivity contribution in [1.29, 1.82) is 0 Å². The molecule has 9 aromatic rings. The number of nitrogens with zero attached hydrogens (tertiary/aromatic N) is 3. The minimum absolute atomic E-state index is 0.000885. The van der Waals surface area contributed by atoms with Gasteiger partial charge in [0.15, 0.2) is 0 Å². The first-order chi connectivity index (χ1) is 26.8. The van der Waals surface area contributed by atoms with Crippen LogP contribution in [0.5, 0.6) is 0 Å². The van der Waals surface area contributed by atoms with Crippen molar-refractivity contribution in [3.63, 3.8) is 0 Å². The highest BCUT2D eigenvalue weighted by atomic mass is 16.1. The zero-order valence-corrected chi connectivity index (χ0v) is 29.0. The first-order valence-corrected chi connectivity index (χ1v) is 18.6. The van der Waals surface area contributed by atoms with Crippen LogP contribution in [0, 0.1) is 0 Å². The highest BCUT2D eigenvalue weighted by Crippen LogP contribution is 2.63. The van der Waals surface area contributed by atoms with Crippen LogP contribution in [0.3, 0.4) is 0 Å². The van der Waals surface area contributed by atoms with Gasteiger partial charge in [0.05, 0.1) is 49.9 Å². The molecule has 13 rings (SSSR count). The summed E-state index contributed by atoms with van der Waals surface area (Å²) in [5.74, 6) is 0. The Morgan fingerprint density at radius 2 is 0.870 bits per heavy atom. The van der Waals surface area contributed by atoms with E-state index in [1.165, 1.54) is 44.5 Å². The van der Waals surface area contributed by atoms with E-state index in [0.717, 1.165) is 60.6 Å². The van der Waals surface area contributed by atoms with Crippen LogP contribution in [0.2, 0.25) is 0 Å².